The van der Waals surface area contributed by atoms with Gasteiger partial charge in [0.2, 0.25) is 0 Å². The maximum absolute atomic E-state index is 13.3. The first-order chi connectivity index (χ1) is 14.8. The van der Waals surface area contributed by atoms with Crippen LogP contribution in [0.3, 0.4) is 0 Å². The molecular formula is C23H21ClF3N3O. The van der Waals surface area contributed by atoms with Crippen LogP contribution in [0.2, 0.25) is 0 Å². The number of pyridine rings is 1. The Morgan fingerprint density at radius 1 is 1.13 bits per heavy atom. The molecule has 3 aromatic rings. The zero-order chi connectivity index (χ0) is 22.2. The number of nitrogens with two attached hydrogens (primary N) is 1. The van der Waals surface area contributed by atoms with Crippen molar-refractivity contribution in [3.63, 3.8) is 0 Å². The van der Waals surface area contributed by atoms with Crippen molar-refractivity contribution in [1.29, 1.82) is 0 Å². The Morgan fingerprint density at radius 2 is 1.87 bits per heavy atom. The third-order valence-corrected chi connectivity index (χ3v) is 5.99. The van der Waals surface area contributed by atoms with Gasteiger partial charge < -0.3 is 10.6 Å². The topological polar surface area (TPSA) is 59.2 Å². The molecule has 2 aromatic carbocycles. The summed E-state index contributed by atoms with van der Waals surface area (Å²) in [5.41, 5.74) is 7.77. The number of likely N-dealkylation sites (tertiary alicyclic amines) is 1. The summed E-state index contributed by atoms with van der Waals surface area (Å²) in [6, 6.07) is 11.9. The smallest absolute Gasteiger partial charge is 0.383 e. The van der Waals surface area contributed by atoms with Crippen LogP contribution in [-0.4, -0.2) is 22.3 Å². The van der Waals surface area contributed by atoms with Gasteiger partial charge in [-0.05, 0) is 61.2 Å². The number of halogens is 4. The number of hydrogen-bond acceptors (Lipinski definition) is 3. The lowest BCUT2D eigenvalue weighted by Gasteiger charge is -2.36. The van der Waals surface area contributed by atoms with Crippen LogP contribution in [0.4, 0.5) is 19.0 Å². The summed E-state index contributed by atoms with van der Waals surface area (Å²) in [7, 11) is 0. The Labute approximate surface area is 182 Å². The predicted molar refractivity (Wildman–Crippen MR) is 115 cm³/mol. The zero-order valence-electron chi connectivity index (χ0n) is 16.6. The standard InChI is InChI=1S/C23H21ClF3N3O/c24-13-17-12-16-11-15(6-9-19(16)29-21(17)28)22(31)30-10-2-1-3-20(30)14-4-7-18(8-5-14)23(25,26)27/h4-9,11-12,20H,1-3,10,13H2,(H2,28,29). The molecule has 0 radical (unpaired) electrons. The van der Waals surface area contributed by atoms with Gasteiger partial charge >= 0.3 is 6.18 Å². The molecule has 0 saturated carbocycles. The first-order valence-electron chi connectivity index (χ1n) is 10.0. The molecule has 1 fully saturated rings. The molecule has 1 aliphatic rings. The van der Waals surface area contributed by atoms with E-state index >= 15 is 0 Å². The van der Waals surface area contributed by atoms with E-state index in [4.69, 9.17) is 17.3 Å². The van der Waals surface area contributed by atoms with Gasteiger partial charge in [-0.15, -0.1) is 11.6 Å². The van der Waals surface area contributed by atoms with E-state index in [9.17, 15) is 18.0 Å². The Morgan fingerprint density at radius 3 is 2.55 bits per heavy atom. The fourth-order valence-corrected chi connectivity index (χ4v) is 4.27. The van der Waals surface area contributed by atoms with Gasteiger partial charge in [-0.3, -0.25) is 4.79 Å². The number of amides is 1. The second kappa shape index (κ2) is 8.38. The molecule has 2 N–H and O–H groups in total. The van der Waals surface area contributed by atoms with Crippen LogP contribution in [0, 0.1) is 0 Å². The summed E-state index contributed by atoms with van der Waals surface area (Å²) in [6.45, 7) is 0.551. The van der Waals surface area contributed by atoms with E-state index in [0.29, 0.717) is 41.0 Å². The third kappa shape index (κ3) is 4.32. The van der Waals surface area contributed by atoms with Gasteiger partial charge in [0, 0.05) is 23.1 Å². The number of aromatic nitrogens is 1. The summed E-state index contributed by atoms with van der Waals surface area (Å²) in [4.78, 5) is 19.4. The molecule has 0 spiro atoms. The van der Waals surface area contributed by atoms with E-state index in [1.165, 1.54) is 12.1 Å². The predicted octanol–water partition coefficient (Wildman–Crippen LogP) is 5.94. The monoisotopic (exact) mass is 447 g/mol. The molecule has 8 heteroatoms. The molecule has 0 bridgehead atoms. The van der Waals surface area contributed by atoms with E-state index in [1.807, 2.05) is 6.07 Å². The Kier molecular flexibility index (Phi) is 5.79. The number of hydrogen-bond donors (Lipinski definition) is 1. The molecule has 1 atom stereocenters. The number of nitrogens with zero attached hydrogens (tertiary/aromatic N) is 2. The van der Waals surface area contributed by atoms with E-state index in [-0.39, 0.29) is 17.8 Å². The maximum Gasteiger partial charge on any atom is 0.416 e. The molecule has 162 valence electrons. The summed E-state index contributed by atoms with van der Waals surface area (Å²) < 4.78 is 38.7. The van der Waals surface area contributed by atoms with Gasteiger partial charge in [0.25, 0.3) is 5.91 Å². The molecule has 1 unspecified atom stereocenters. The van der Waals surface area contributed by atoms with Crippen molar-refractivity contribution in [2.24, 2.45) is 0 Å². The lowest BCUT2D eigenvalue weighted by Crippen LogP contribution is -2.38. The summed E-state index contributed by atoms with van der Waals surface area (Å²) in [5.74, 6) is 0.422. The number of piperidine rings is 1. The van der Waals surface area contributed by atoms with Crippen molar-refractivity contribution in [3.8, 4) is 0 Å². The van der Waals surface area contributed by atoms with Crippen molar-refractivity contribution in [1.82, 2.24) is 9.88 Å². The molecule has 0 aliphatic carbocycles. The normalized spacial score (nSPS) is 17.2. The average molecular weight is 448 g/mol. The fourth-order valence-electron chi connectivity index (χ4n) is 4.06. The second-order valence-electron chi connectivity index (χ2n) is 7.70. The van der Waals surface area contributed by atoms with Crippen LogP contribution < -0.4 is 5.73 Å². The number of fused-ring (bicyclic) bond motifs is 1. The highest BCUT2D eigenvalue weighted by atomic mass is 35.5. The first-order valence-corrected chi connectivity index (χ1v) is 10.5. The Balaban J connectivity index is 1.65. The van der Waals surface area contributed by atoms with Crippen LogP contribution in [0.1, 0.15) is 52.4 Å². The third-order valence-electron chi connectivity index (χ3n) is 5.70. The molecule has 1 amide bonds. The SMILES string of the molecule is Nc1nc2ccc(C(=O)N3CCCCC3c3ccc(C(F)(F)F)cc3)cc2cc1CCl. The van der Waals surface area contributed by atoms with E-state index < -0.39 is 11.7 Å². The van der Waals surface area contributed by atoms with Crippen LogP contribution in [0.15, 0.2) is 48.5 Å². The Bertz CT molecular complexity index is 1120. The minimum Gasteiger partial charge on any atom is -0.383 e. The molecule has 1 aliphatic heterocycles. The van der Waals surface area contributed by atoms with Crippen molar-refractivity contribution < 1.29 is 18.0 Å². The minimum atomic E-state index is -4.38. The summed E-state index contributed by atoms with van der Waals surface area (Å²) in [6.07, 6.45) is -1.91. The van der Waals surface area contributed by atoms with Gasteiger partial charge in [0.1, 0.15) is 5.82 Å². The number of carbonyl (C=O) groups is 1. The van der Waals surface area contributed by atoms with Crippen LogP contribution >= 0.6 is 11.6 Å². The van der Waals surface area contributed by atoms with Gasteiger partial charge in [0.15, 0.2) is 0 Å². The van der Waals surface area contributed by atoms with E-state index in [1.54, 1.807) is 23.1 Å². The average Bonchev–Trinajstić information content (AvgIpc) is 2.77. The highest BCUT2D eigenvalue weighted by Crippen LogP contribution is 2.35. The molecule has 2 heterocycles. The van der Waals surface area contributed by atoms with Gasteiger partial charge in [-0.2, -0.15) is 13.2 Å². The lowest BCUT2D eigenvalue weighted by molar-refractivity contribution is -0.137. The molecule has 1 aromatic heterocycles. The zero-order valence-corrected chi connectivity index (χ0v) is 17.4. The minimum absolute atomic E-state index is 0.157. The lowest BCUT2D eigenvalue weighted by atomic mass is 9.93. The number of rotatable bonds is 3. The van der Waals surface area contributed by atoms with Gasteiger partial charge in [-0.1, -0.05) is 12.1 Å². The van der Waals surface area contributed by atoms with E-state index in [0.717, 1.165) is 30.4 Å². The van der Waals surface area contributed by atoms with Crippen LogP contribution in [0.25, 0.3) is 10.9 Å². The van der Waals surface area contributed by atoms with Crippen LogP contribution in [-0.2, 0) is 12.1 Å². The van der Waals surface area contributed by atoms with Crippen molar-refractivity contribution >= 4 is 34.2 Å². The molecule has 31 heavy (non-hydrogen) atoms. The van der Waals surface area contributed by atoms with E-state index in [2.05, 4.69) is 4.98 Å². The second-order valence-corrected chi connectivity index (χ2v) is 7.97. The number of nitrogen functional groups attached to an aromatic ring is 1. The molecule has 4 rings (SSSR count). The highest BCUT2D eigenvalue weighted by molar-refractivity contribution is 6.17. The summed E-state index contributed by atoms with van der Waals surface area (Å²) in [5, 5.41) is 0.763. The quantitative estimate of drug-likeness (QED) is 0.505. The maximum atomic E-state index is 13.3. The van der Waals surface area contributed by atoms with Crippen LogP contribution in [0.5, 0.6) is 0 Å². The molecule has 1 saturated heterocycles. The number of alkyl halides is 4. The van der Waals surface area contributed by atoms with Crippen molar-refractivity contribution in [2.45, 2.75) is 37.4 Å². The number of benzene rings is 2. The van der Waals surface area contributed by atoms with Crippen molar-refractivity contribution in [3.05, 3.63) is 70.8 Å². The first kappa shape index (κ1) is 21.4. The van der Waals surface area contributed by atoms with Gasteiger partial charge in [-0.25, -0.2) is 4.98 Å². The number of anilines is 1. The highest BCUT2D eigenvalue weighted by Gasteiger charge is 2.32. The molecule has 4 nitrogen and oxygen atoms in total. The van der Waals surface area contributed by atoms with Gasteiger partial charge in [0.05, 0.1) is 23.0 Å². The molecular weight excluding hydrogens is 427 g/mol. The fraction of sp³-hybridized carbons (Fsp3) is 0.304. The number of carbonyl (C=O) groups excluding carboxylic acids is 1. The largest absolute Gasteiger partial charge is 0.416 e. The van der Waals surface area contributed by atoms with Crippen molar-refractivity contribution in [2.75, 3.05) is 12.3 Å². The summed E-state index contributed by atoms with van der Waals surface area (Å²) >= 11 is 5.92. The Hall–Kier alpha value is -2.80.